The SMILES string of the molecule is c1ccc(-c2ccc(C3(c4nc(C5(c6ccc(-c7ccccc7)cc6)c6ccccc6-c6ncccc65)nc(C5(c6ccc(-c7ccccc7)cc6)c6ccccc6-c6ncccc65)n4)c4ccccc4-c4ccccc43)cc2)cc1. The first-order valence-electron chi connectivity index (χ1n) is 27.7. The van der Waals surface area contributed by atoms with Crippen LogP contribution >= 0.6 is 0 Å². The van der Waals surface area contributed by atoms with Gasteiger partial charge in [0, 0.05) is 34.6 Å². The summed E-state index contributed by atoms with van der Waals surface area (Å²) >= 11 is 0. The van der Waals surface area contributed by atoms with Crippen molar-refractivity contribution in [3.8, 4) is 67.0 Å². The van der Waals surface area contributed by atoms with Crippen LogP contribution in [-0.4, -0.2) is 24.9 Å². The van der Waals surface area contributed by atoms with E-state index in [0.717, 1.165) is 117 Å². The van der Waals surface area contributed by atoms with Gasteiger partial charge in [0.2, 0.25) is 0 Å². The van der Waals surface area contributed by atoms with E-state index in [0.29, 0.717) is 17.5 Å². The third-order valence-corrected chi connectivity index (χ3v) is 17.5. The topological polar surface area (TPSA) is 64.5 Å². The average molecular weight is 1030 g/mol. The number of rotatable bonds is 9. The largest absolute Gasteiger partial charge is 0.256 e. The van der Waals surface area contributed by atoms with Gasteiger partial charge in [0.05, 0.1) is 11.4 Å². The van der Waals surface area contributed by atoms with Gasteiger partial charge in [-0.25, -0.2) is 15.0 Å². The molecule has 3 aliphatic carbocycles. The van der Waals surface area contributed by atoms with Crippen LogP contribution in [0.2, 0.25) is 0 Å². The van der Waals surface area contributed by atoms with Gasteiger partial charge in [-0.3, -0.25) is 9.97 Å². The molecule has 2 unspecified atom stereocenters. The van der Waals surface area contributed by atoms with Crippen molar-refractivity contribution in [1.29, 1.82) is 0 Å². The number of hydrogen-bond acceptors (Lipinski definition) is 5. The van der Waals surface area contributed by atoms with Crippen molar-refractivity contribution in [2.45, 2.75) is 16.2 Å². The van der Waals surface area contributed by atoms with Gasteiger partial charge < -0.3 is 0 Å². The fraction of sp³-hybridized carbons (Fsp3) is 0.0395. The Morgan fingerprint density at radius 1 is 0.198 bits per heavy atom. The molecule has 0 saturated heterocycles. The van der Waals surface area contributed by atoms with Crippen LogP contribution in [0.1, 0.15) is 67.5 Å². The fourth-order valence-electron chi connectivity index (χ4n) is 14.0. The number of pyridine rings is 2. The van der Waals surface area contributed by atoms with Crippen LogP contribution in [0.3, 0.4) is 0 Å². The Balaban J connectivity index is 1.08. The average Bonchev–Trinajstić information content (AvgIpc) is 3.15. The summed E-state index contributed by atoms with van der Waals surface area (Å²) in [5.74, 6) is 1.83. The summed E-state index contributed by atoms with van der Waals surface area (Å²) in [4.78, 5) is 29.2. The monoisotopic (exact) mass is 1030 g/mol. The lowest BCUT2D eigenvalue weighted by atomic mass is 9.68. The highest BCUT2D eigenvalue weighted by Gasteiger charge is 2.56. The minimum atomic E-state index is -1.09. The Morgan fingerprint density at radius 3 is 0.778 bits per heavy atom. The minimum Gasteiger partial charge on any atom is -0.256 e. The second-order valence-electron chi connectivity index (χ2n) is 21.4. The predicted octanol–water partition coefficient (Wildman–Crippen LogP) is 16.8. The zero-order valence-electron chi connectivity index (χ0n) is 44.0. The summed E-state index contributed by atoms with van der Waals surface area (Å²) in [5, 5.41) is 0. The molecular formula is C76H49N5. The van der Waals surface area contributed by atoms with Crippen molar-refractivity contribution in [2.75, 3.05) is 0 Å². The third-order valence-electron chi connectivity index (χ3n) is 17.5. The Bertz CT molecular complexity index is 3940. The van der Waals surface area contributed by atoms with Gasteiger partial charge in [-0.15, -0.1) is 0 Å². The van der Waals surface area contributed by atoms with Gasteiger partial charge in [0.25, 0.3) is 0 Å². The summed E-state index contributed by atoms with van der Waals surface area (Å²) in [7, 11) is 0. The van der Waals surface area contributed by atoms with Crippen molar-refractivity contribution in [2.24, 2.45) is 0 Å². The Hall–Kier alpha value is -10.5. The molecular weight excluding hydrogens is 983 g/mol. The van der Waals surface area contributed by atoms with E-state index in [2.05, 4.69) is 285 Å². The molecule has 16 rings (SSSR count). The maximum atomic E-state index is 6.25. The summed E-state index contributed by atoms with van der Waals surface area (Å²) in [6.45, 7) is 0. The van der Waals surface area contributed by atoms with E-state index in [1.54, 1.807) is 0 Å². The first-order chi connectivity index (χ1) is 40.2. The molecule has 0 amide bonds. The van der Waals surface area contributed by atoms with E-state index < -0.39 is 16.2 Å². The maximum Gasteiger partial charge on any atom is 0.152 e. The highest BCUT2D eigenvalue weighted by Crippen LogP contribution is 2.60. The van der Waals surface area contributed by atoms with E-state index >= 15 is 0 Å². The van der Waals surface area contributed by atoms with E-state index in [1.807, 2.05) is 12.4 Å². The zero-order chi connectivity index (χ0) is 53.5. The van der Waals surface area contributed by atoms with E-state index in [9.17, 15) is 0 Å². The molecule has 0 bridgehead atoms. The molecule has 2 atom stereocenters. The number of benzene rings is 10. The van der Waals surface area contributed by atoms with Gasteiger partial charge >= 0.3 is 0 Å². The predicted molar refractivity (Wildman–Crippen MR) is 324 cm³/mol. The van der Waals surface area contributed by atoms with Crippen molar-refractivity contribution in [1.82, 2.24) is 24.9 Å². The first-order valence-corrected chi connectivity index (χ1v) is 27.7. The molecule has 0 spiro atoms. The Labute approximate surface area is 470 Å². The van der Waals surface area contributed by atoms with Crippen LogP contribution < -0.4 is 0 Å². The molecule has 3 aliphatic rings. The molecule has 378 valence electrons. The van der Waals surface area contributed by atoms with Gasteiger partial charge in [0.1, 0.15) is 16.2 Å². The second kappa shape index (κ2) is 18.3. The standard InChI is InChI=1S/C76H49N5/c1-4-20-50(21-5-1)53-36-42-56(43-37-53)74(63-30-14-10-26-59(63)60-27-11-15-31-64(60)74)71-79-72(75(57-44-38-54(39-45-57)51-22-6-2-7-23-51)65-32-16-12-28-61(65)69-67(75)34-18-48-77-69)81-73(80-71)76(58-46-40-55(41-47-58)52-24-8-3-9-25-52)66-33-17-13-29-62(66)70-68(76)35-19-49-78-70/h1-49H. The van der Waals surface area contributed by atoms with Gasteiger partial charge in [-0.1, -0.05) is 273 Å². The molecule has 81 heavy (non-hydrogen) atoms. The highest BCUT2D eigenvalue weighted by molar-refractivity contribution is 5.88. The lowest BCUT2D eigenvalue weighted by Gasteiger charge is -2.38. The molecule has 0 fully saturated rings. The first kappa shape index (κ1) is 46.6. The van der Waals surface area contributed by atoms with Crippen LogP contribution in [0, 0.1) is 0 Å². The Morgan fingerprint density at radius 2 is 0.444 bits per heavy atom. The van der Waals surface area contributed by atoms with E-state index in [1.165, 1.54) is 0 Å². The van der Waals surface area contributed by atoms with E-state index in [-0.39, 0.29) is 0 Å². The lowest BCUT2D eigenvalue weighted by molar-refractivity contribution is 0.580. The third kappa shape index (κ3) is 6.70. The van der Waals surface area contributed by atoms with Crippen molar-refractivity contribution < 1.29 is 0 Å². The molecule has 0 N–H and O–H groups in total. The summed E-state index contributed by atoms with van der Waals surface area (Å²) in [6.07, 6.45) is 3.81. The maximum absolute atomic E-state index is 6.25. The van der Waals surface area contributed by atoms with Crippen LogP contribution in [0.15, 0.2) is 298 Å². The second-order valence-corrected chi connectivity index (χ2v) is 21.4. The molecule has 3 aromatic heterocycles. The van der Waals surface area contributed by atoms with Crippen LogP contribution in [0.4, 0.5) is 0 Å². The van der Waals surface area contributed by atoms with Crippen LogP contribution in [0.25, 0.3) is 67.0 Å². The van der Waals surface area contributed by atoms with E-state index in [4.69, 9.17) is 24.9 Å². The van der Waals surface area contributed by atoms with Gasteiger partial charge in [-0.05, 0) is 95.6 Å². The van der Waals surface area contributed by atoms with Crippen molar-refractivity contribution in [3.63, 3.8) is 0 Å². The summed E-state index contributed by atoms with van der Waals surface area (Å²) in [6, 6.07) is 103. The van der Waals surface area contributed by atoms with Crippen LogP contribution in [-0.2, 0) is 16.2 Å². The van der Waals surface area contributed by atoms with Crippen LogP contribution in [0.5, 0.6) is 0 Å². The fourth-order valence-corrected chi connectivity index (χ4v) is 14.0. The highest BCUT2D eigenvalue weighted by atomic mass is 15.1. The normalized spacial score (nSPS) is 16.6. The molecule has 3 heterocycles. The summed E-state index contributed by atoms with van der Waals surface area (Å²) < 4.78 is 0. The molecule has 5 nitrogen and oxygen atoms in total. The molecule has 0 saturated carbocycles. The number of aromatic nitrogens is 5. The minimum absolute atomic E-state index is 0.603. The number of hydrogen-bond donors (Lipinski definition) is 0. The molecule has 10 aromatic carbocycles. The van der Waals surface area contributed by atoms with Gasteiger partial charge in [0.15, 0.2) is 17.5 Å². The van der Waals surface area contributed by atoms with Crippen molar-refractivity contribution >= 4 is 0 Å². The number of nitrogens with zero attached hydrogens (tertiary/aromatic N) is 5. The van der Waals surface area contributed by atoms with Crippen molar-refractivity contribution in [3.05, 3.63) is 365 Å². The summed E-state index contributed by atoms with van der Waals surface area (Å²) in [5.41, 5.74) is 19.1. The molecule has 13 aromatic rings. The molecule has 5 heteroatoms. The number of fused-ring (bicyclic) bond motifs is 9. The zero-order valence-corrected chi connectivity index (χ0v) is 44.0. The molecule has 0 radical (unpaired) electrons. The smallest absolute Gasteiger partial charge is 0.152 e. The quantitative estimate of drug-likeness (QED) is 0.144. The molecule has 0 aliphatic heterocycles. The Kier molecular flexibility index (Phi) is 10.5. The lowest BCUT2D eigenvalue weighted by Crippen LogP contribution is -2.40. The van der Waals surface area contributed by atoms with Gasteiger partial charge in [-0.2, -0.15) is 0 Å².